The monoisotopic (exact) mass is 266 g/mol. The summed E-state index contributed by atoms with van der Waals surface area (Å²) in [4.78, 5) is 2.39. The fourth-order valence-electron chi connectivity index (χ4n) is 2.58. The van der Waals surface area contributed by atoms with Gasteiger partial charge in [0.1, 0.15) is 0 Å². The van der Waals surface area contributed by atoms with Gasteiger partial charge in [-0.1, -0.05) is 17.7 Å². The highest BCUT2D eigenvalue weighted by Gasteiger charge is 2.16. The average Bonchev–Trinajstić information content (AvgIpc) is 2.28. The molecule has 1 aromatic rings. The molecule has 0 atom stereocenters. The van der Waals surface area contributed by atoms with Gasteiger partial charge in [0.15, 0.2) is 0 Å². The molecular formula is C15H23ClN2. The van der Waals surface area contributed by atoms with Crippen molar-refractivity contribution < 1.29 is 0 Å². The molecule has 0 amide bonds. The van der Waals surface area contributed by atoms with E-state index in [1.54, 1.807) is 0 Å². The Morgan fingerprint density at radius 1 is 1.22 bits per heavy atom. The first-order chi connectivity index (χ1) is 8.46. The van der Waals surface area contributed by atoms with Gasteiger partial charge in [-0.2, -0.15) is 0 Å². The molecule has 0 aromatic heterocycles. The predicted octanol–water partition coefficient (Wildman–Crippen LogP) is 3.61. The van der Waals surface area contributed by atoms with E-state index in [9.17, 15) is 0 Å². The lowest BCUT2D eigenvalue weighted by Gasteiger charge is -2.30. The molecule has 0 bridgehead atoms. The van der Waals surface area contributed by atoms with Crippen molar-refractivity contribution in [2.75, 3.05) is 18.0 Å². The third kappa shape index (κ3) is 3.63. The van der Waals surface area contributed by atoms with Gasteiger partial charge in [0.05, 0.1) is 10.7 Å². The van der Waals surface area contributed by atoms with Crippen molar-refractivity contribution in [1.29, 1.82) is 0 Å². The van der Waals surface area contributed by atoms with Crippen molar-refractivity contribution in [2.45, 2.75) is 45.1 Å². The minimum absolute atomic E-state index is 0.185. The van der Waals surface area contributed by atoms with E-state index in [0.29, 0.717) is 0 Å². The zero-order valence-electron chi connectivity index (χ0n) is 11.4. The first-order valence-electron chi connectivity index (χ1n) is 6.78. The number of piperidine rings is 1. The second-order valence-electron chi connectivity index (χ2n) is 6.00. The molecule has 0 radical (unpaired) electrons. The topological polar surface area (TPSA) is 29.3 Å². The quantitative estimate of drug-likeness (QED) is 0.906. The van der Waals surface area contributed by atoms with Crippen LogP contribution in [0.2, 0.25) is 5.02 Å². The van der Waals surface area contributed by atoms with Crippen molar-refractivity contribution in [3.63, 3.8) is 0 Å². The summed E-state index contributed by atoms with van der Waals surface area (Å²) >= 11 is 6.41. The number of benzene rings is 1. The van der Waals surface area contributed by atoms with Crippen LogP contribution in [0.5, 0.6) is 0 Å². The number of rotatable bonds is 3. The fourth-order valence-corrected chi connectivity index (χ4v) is 2.90. The first kappa shape index (κ1) is 13.7. The average molecular weight is 267 g/mol. The Morgan fingerprint density at radius 3 is 2.44 bits per heavy atom. The van der Waals surface area contributed by atoms with Crippen LogP contribution >= 0.6 is 11.6 Å². The number of anilines is 1. The molecule has 0 spiro atoms. The Bertz CT molecular complexity index is 403. The van der Waals surface area contributed by atoms with E-state index < -0.39 is 0 Å². The summed E-state index contributed by atoms with van der Waals surface area (Å²) in [5.41, 5.74) is 8.25. The van der Waals surface area contributed by atoms with E-state index in [2.05, 4.69) is 23.1 Å². The van der Waals surface area contributed by atoms with Crippen molar-refractivity contribution in [2.24, 2.45) is 5.73 Å². The van der Waals surface area contributed by atoms with Crippen LogP contribution in [-0.2, 0) is 6.42 Å². The molecule has 2 N–H and O–H groups in total. The van der Waals surface area contributed by atoms with E-state index in [0.717, 1.165) is 24.5 Å². The number of hydrogen-bond acceptors (Lipinski definition) is 2. The Hall–Kier alpha value is -0.730. The van der Waals surface area contributed by atoms with Crippen LogP contribution in [0.15, 0.2) is 18.2 Å². The molecule has 3 heteroatoms. The summed E-state index contributed by atoms with van der Waals surface area (Å²) in [6.45, 7) is 6.34. The van der Waals surface area contributed by atoms with E-state index in [1.807, 2.05) is 13.8 Å². The van der Waals surface area contributed by atoms with Gasteiger partial charge in [0.2, 0.25) is 0 Å². The van der Waals surface area contributed by atoms with Crippen molar-refractivity contribution in [1.82, 2.24) is 0 Å². The molecule has 0 unspecified atom stereocenters. The summed E-state index contributed by atoms with van der Waals surface area (Å²) in [6.07, 6.45) is 4.74. The van der Waals surface area contributed by atoms with Crippen LogP contribution in [0.25, 0.3) is 0 Å². The minimum Gasteiger partial charge on any atom is -0.370 e. The fraction of sp³-hybridized carbons (Fsp3) is 0.600. The van der Waals surface area contributed by atoms with Gasteiger partial charge in [-0.25, -0.2) is 0 Å². The molecule has 0 saturated carbocycles. The molecule has 1 saturated heterocycles. The zero-order valence-corrected chi connectivity index (χ0v) is 12.1. The minimum atomic E-state index is -0.185. The van der Waals surface area contributed by atoms with Gasteiger partial charge in [0, 0.05) is 18.6 Å². The zero-order chi connectivity index (χ0) is 13.2. The summed E-state index contributed by atoms with van der Waals surface area (Å²) in [6, 6.07) is 6.37. The van der Waals surface area contributed by atoms with Crippen molar-refractivity contribution in [3.8, 4) is 0 Å². The summed E-state index contributed by atoms with van der Waals surface area (Å²) < 4.78 is 0. The SMILES string of the molecule is CC(C)(N)Cc1ccc(N2CCCCC2)c(Cl)c1. The van der Waals surface area contributed by atoms with E-state index in [4.69, 9.17) is 17.3 Å². The molecule has 1 aromatic carbocycles. The van der Waals surface area contributed by atoms with Crippen molar-refractivity contribution >= 4 is 17.3 Å². The maximum Gasteiger partial charge on any atom is 0.0642 e. The van der Waals surface area contributed by atoms with Crippen LogP contribution in [0.1, 0.15) is 38.7 Å². The lowest BCUT2D eigenvalue weighted by atomic mass is 9.96. The summed E-state index contributed by atoms with van der Waals surface area (Å²) in [5, 5.41) is 0.860. The van der Waals surface area contributed by atoms with Gasteiger partial charge in [-0.15, -0.1) is 0 Å². The van der Waals surface area contributed by atoms with E-state index in [1.165, 1.54) is 30.5 Å². The molecule has 2 nitrogen and oxygen atoms in total. The van der Waals surface area contributed by atoms with Crippen LogP contribution in [-0.4, -0.2) is 18.6 Å². The Balaban J connectivity index is 2.14. The first-order valence-corrected chi connectivity index (χ1v) is 7.16. The van der Waals surface area contributed by atoms with Gasteiger partial charge < -0.3 is 10.6 Å². The molecule has 100 valence electrons. The van der Waals surface area contributed by atoms with Gasteiger partial charge >= 0.3 is 0 Å². The van der Waals surface area contributed by atoms with Gasteiger partial charge in [0.25, 0.3) is 0 Å². The third-order valence-corrected chi connectivity index (χ3v) is 3.67. The lowest BCUT2D eigenvalue weighted by Crippen LogP contribution is -2.34. The van der Waals surface area contributed by atoms with Gasteiger partial charge in [-0.05, 0) is 57.2 Å². The molecule has 1 heterocycles. The number of nitrogens with zero attached hydrogens (tertiary/aromatic N) is 1. The molecule has 1 aliphatic rings. The molecule has 1 aliphatic heterocycles. The molecule has 0 aliphatic carbocycles. The summed E-state index contributed by atoms with van der Waals surface area (Å²) in [5.74, 6) is 0. The normalized spacial score (nSPS) is 17.0. The van der Waals surface area contributed by atoms with Crippen LogP contribution in [0, 0.1) is 0 Å². The number of hydrogen-bond donors (Lipinski definition) is 1. The largest absolute Gasteiger partial charge is 0.370 e. The highest BCUT2D eigenvalue weighted by atomic mass is 35.5. The Kier molecular flexibility index (Phi) is 4.18. The van der Waals surface area contributed by atoms with E-state index in [-0.39, 0.29) is 5.54 Å². The molecule has 2 rings (SSSR count). The van der Waals surface area contributed by atoms with E-state index >= 15 is 0 Å². The standard InChI is InChI=1S/C15H23ClN2/c1-15(2,17)11-12-6-7-14(13(16)10-12)18-8-4-3-5-9-18/h6-7,10H,3-5,8-9,11,17H2,1-2H3. The highest BCUT2D eigenvalue weighted by Crippen LogP contribution is 2.30. The second kappa shape index (κ2) is 5.50. The maximum absolute atomic E-state index is 6.41. The van der Waals surface area contributed by atoms with Crippen LogP contribution < -0.4 is 10.6 Å². The highest BCUT2D eigenvalue weighted by molar-refractivity contribution is 6.33. The number of halogens is 1. The Morgan fingerprint density at radius 2 is 1.89 bits per heavy atom. The third-order valence-electron chi connectivity index (χ3n) is 3.37. The molecule has 1 fully saturated rings. The second-order valence-corrected chi connectivity index (χ2v) is 6.41. The molecule has 18 heavy (non-hydrogen) atoms. The van der Waals surface area contributed by atoms with Crippen LogP contribution in [0.3, 0.4) is 0 Å². The smallest absolute Gasteiger partial charge is 0.0642 e. The number of nitrogens with two attached hydrogens (primary N) is 1. The predicted molar refractivity (Wildman–Crippen MR) is 79.5 cm³/mol. The molecular weight excluding hydrogens is 244 g/mol. The lowest BCUT2D eigenvalue weighted by molar-refractivity contribution is 0.516. The maximum atomic E-state index is 6.41. The van der Waals surface area contributed by atoms with Gasteiger partial charge in [-0.3, -0.25) is 0 Å². The van der Waals surface area contributed by atoms with Crippen LogP contribution in [0.4, 0.5) is 5.69 Å². The van der Waals surface area contributed by atoms with Crippen molar-refractivity contribution in [3.05, 3.63) is 28.8 Å². The Labute approximate surface area is 115 Å². The summed E-state index contributed by atoms with van der Waals surface area (Å²) in [7, 11) is 0.